The Morgan fingerprint density at radius 2 is 2.20 bits per heavy atom. The van der Waals surface area contributed by atoms with E-state index in [4.69, 9.17) is 9.47 Å². The summed E-state index contributed by atoms with van der Waals surface area (Å²) in [7, 11) is 0. The Bertz CT molecular complexity index is 550. The quantitative estimate of drug-likeness (QED) is 0.507. The zero-order chi connectivity index (χ0) is 14.9. The molecule has 0 saturated carbocycles. The van der Waals surface area contributed by atoms with E-state index >= 15 is 0 Å². The number of hydrogen-bond acceptors (Lipinski definition) is 6. The van der Waals surface area contributed by atoms with Gasteiger partial charge in [0.15, 0.2) is 5.75 Å². The molecule has 108 valence electrons. The van der Waals surface area contributed by atoms with Gasteiger partial charge in [0.1, 0.15) is 5.60 Å². The number of anilines is 1. The maximum absolute atomic E-state index is 11.9. The van der Waals surface area contributed by atoms with Gasteiger partial charge in [-0.25, -0.2) is 4.79 Å². The highest BCUT2D eigenvalue weighted by Crippen LogP contribution is 2.33. The number of esters is 1. The second-order valence-electron chi connectivity index (χ2n) is 5.46. The summed E-state index contributed by atoms with van der Waals surface area (Å²) >= 11 is 0. The number of hydrogen-bond donors (Lipinski definition) is 1. The van der Waals surface area contributed by atoms with Gasteiger partial charge in [-0.15, -0.1) is 0 Å². The molecule has 0 aromatic heterocycles. The predicted octanol–water partition coefficient (Wildman–Crippen LogP) is 2.11. The normalized spacial score (nSPS) is 17.4. The van der Waals surface area contributed by atoms with Crippen LogP contribution >= 0.6 is 0 Å². The molecule has 1 aromatic carbocycles. The SMILES string of the molecule is CC(C)(C)OC(=O)C1CNc2ccc([N+](=O)[O-])cc2O1. The van der Waals surface area contributed by atoms with Crippen molar-refractivity contribution in [2.24, 2.45) is 0 Å². The van der Waals surface area contributed by atoms with E-state index in [1.165, 1.54) is 12.1 Å². The first-order valence-corrected chi connectivity index (χ1v) is 6.18. The van der Waals surface area contributed by atoms with Crippen molar-refractivity contribution in [3.8, 4) is 5.75 Å². The van der Waals surface area contributed by atoms with Gasteiger partial charge in [-0.1, -0.05) is 0 Å². The van der Waals surface area contributed by atoms with Crippen molar-refractivity contribution in [3.05, 3.63) is 28.3 Å². The van der Waals surface area contributed by atoms with Crippen molar-refractivity contribution in [1.29, 1.82) is 0 Å². The Morgan fingerprint density at radius 3 is 2.80 bits per heavy atom. The van der Waals surface area contributed by atoms with Crippen LogP contribution < -0.4 is 10.1 Å². The minimum absolute atomic E-state index is 0.0876. The lowest BCUT2D eigenvalue weighted by molar-refractivity contribution is -0.384. The topological polar surface area (TPSA) is 90.7 Å². The lowest BCUT2D eigenvalue weighted by Gasteiger charge is -2.28. The molecule has 1 aromatic rings. The van der Waals surface area contributed by atoms with E-state index in [0.717, 1.165) is 0 Å². The van der Waals surface area contributed by atoms with Gasteiger partial charge in [0.05, 0.1) is 23.2 Å². The van der Waals surface area contributed by atoms with E-state index in [1.54, 1.807) is 26.8 Å². The number of nitro benzene ring substituents is 1. The van der Waals surface area contributed by atoms with Gasteiger partial charge in [-0.2, -0.15) is 0 Å². The van der Waals surface area contributed by atoms with E-state index in [-0.39, 0.29) is 18.0 Å². The van der Waals surface area contributed by atoms with E-state index < -0.39 is 22.6 Å². The summed E-state index contributed by atoms with van der Waals surface area (Å²) in [6.45, 7) is 5.56. The Balaban J connectivity index is 2.15. The molecule has 0 radical (unpaired) electrons. The molecular formula is C13H16N2O5. The molecule has 0 aliphatic carbocycles. The van der Waals surface area contributed by atoms with Gasteiger partial charge < -0.3 is 14.8 Å². The highest BCUT2D eigenvalue weighted by Gasteiger charge is 2.31. The van der Waals surface area contributed by atoms with Crippen molar-refractivity contribution < 1.29 is 19.2 Å². The lowest BCUT2D eigenvalue weighted by atomic mass is 10.2. The van der Waals surface area contributed by atoms with Crippen LogP contribution in [0.25, 0.3) is 0 Å². The third kappa shape index (κ3) is 3.17. The Morgan fingerprint density at radius 1 is 1.50 bits per heavy atom. The Labute approximate surface area is 116 Å². The predicted molar refractivity (Wildman–Crippen MR) is 71.8 cm³/mol. The minimum Gasteiger partial charge on any atom is -0.474 e. The molecule has 0 fully saturated rings. The van der Waals surface area contributed by atoms with Crippen LogP contribution in [0, 0.1) is 10.1 Å². The molecule has 20 heavy (non-hydrogen) atoms. The molecule has 0 saturated heterocycles. The molecule has 0 amide bonds. The summed E-state index contributed by atoms with van der Waals surface area (Å²) in [5.74, 6) is -0.219. The number of rotatable bonds is 2. The van der Waals surface area contributed by atoms with Gasteiger partial charge in [0, 0.05) is 6.07 Å². The van der Waals surface area contributed by atoms with Crippen LogP contribution in [0.4, 0.5) is 11.4 Å². The fourth-order valence-electron chi connectivity index (χ4n) is 1.76. The zero-order valence-electron chi connectivity index (χ0n) is 11.5. The number of nitro groups is 1. The molecule has 7 nitrogen and oxygen atoms in total. The number of benzene rings is 1. The van der Waals surface area contributed by atoms with Crippen LogP contribution in [0.2, 0.25) is 0 Å². The van der Waals surface area contributed by atoms with Gasteiger partial charge in [0.2, 0.25) is 6.10 Å². The van der Waals surface area contributed by atoms with Crippen LogP contribution in [-0.4, -0.2) is 29.1 Å². The number of nitrogens with zero attached hydrogens (tertiary/aromatic N) is 1. The summed E-state index contributed by atoms with van der Waals surface area (Å²) in [6, 6.07) is 4.22. The molecule has 0 bridgehead atoms. The van der Waals surface area contributed by atoms with E-state index in [1.807, 2.05) is 0 Å². The van der Waals surface area contributed by atoms with Gasteiger partial charge in [-0.3, -0.25) is 10.1 Å². The Kier molecular flexibility index (Phi) is 3.52. The Hall–Kier alpha value is -2.31. The molecule has 1 aliphatic heterocycles. The van der Waals surface area contributed by atoms with E-state index in [9.17, 15) is 14.9 Å². The third-order valence-electron chi connectivity index (χ3n) is 2.59. The number of non-ortho nitro benzene ring substituents is 1. The van der Waals surface area contributed by atoms with E-state index in [2.05, 4.69) is 5.32 Å². The highest BCUT2D eigenvalue weighted by molar-refractivity contribution is 5.78. The maximum Gasteiger partial charge on any atom is 0.349 e. The summed E-state index contributed by atoms with van der Waals surface area (Å²) in [4.78, 5) is 22.1. The van der Waals surface area contributed by atoms with Crippen LogP contribution in [-0.2, 0) is 9.53 Å². The standard InChI is InChI=1S/C13H16N2O5/c1-13(2,3)20-12(16)11-7-14-9-5-4-8(15(17)18)6-10(9)19-11/h4-6,11,14H,7H2,1-3H3. The van der Waals surface area contributed by atoms with Crippen LogP contribution in [0.3, 0.4) is 0 Å². The summed E-state index contributed by atoms with van der Waals surface area (Å²) in [6.07, 6.45) is -0.816. The minimum atomic E-state index is -0.816. The molecule has 7 heteroatoms. The molecule has 1 unspecified atom stereocenters. The van der Waals surface area contributed by atoms with Crippen LogP contribution in [0.5, 0.6) is 5.75 Å². The average Bonchev–Trinajstić information content (AvgIpc) is 2.35. The zero-order valence-corrected chi connectivity index (χ0v) is 11.5. The molecule has 0 spiro atoms. The number of carbonyl (C=O) groups is 1. The summed E-state index contributed by atoms with van der Waals surface area (Å²) in [5, 5.41) is 13.7. The van der Waals surface area contributed by atoms with Crippen molar-refractivity contribution in [1.82, 2.24) is 0 Å². The summed E-state index contributed by atoms with van der Waals surface area (Å²) < 4.78 is 10.7. The highest BCUT2D eigenvalue weighted by atomic mass is 16.6. The molecule has 1 N–H and O–H groups in total. The number of carbonyl (C=O) groups excluding carboxylic acids is 1. The van der Waals surface area contributed by atoms with Crippen molar-refractivity contribution >= 4 is 17.3 Å². The van der Waals surface area contributed by atoms with Crippen LogP contribution in [0.1, 0.15) is 20.8 Å². The molecule has 1 atom stereocenters. The maximum atomic E-state index is 11.9. The number of nitrogens with one attached hydrogen (secondary N) is 1. The van der Waals surface area contributed by atoms with Crippen LogP contribution in [0.15, 0.2) is 18.2 Å². The fourth-order valence-corrected chi connectivity index (χ4v) is 1.76. The van der Waals surface area contributed by atoms with E-state index in [0.29, 0.717) is 5.69 Å². The fraction of sp³-hybridized carbons (Fsp3) is 0.462. The smallest absolute Gasteiger partial charge is 0.349 e. The molecule has 2 rings (SSSR count). The first-order chi connectivity index (χ1) is 9.26. The lowest BCUT2D eigenvalue weighted by Crippen LogP contribution is -2.41. The van der Waals surface area contributed by atoms with Crippen molar-refractivity contribution in [3.63, 3.8) is 0 Å². The number of ether oxygens (including phenoxy) is 2. The monoisotopic (exact) mass is 280 g/mol. The van der Waals surface area contributed by atoms with Gasteiger partial charge in [-0.05, 0) is 26.8 Å². The van der Waals surface area contributed by atoms with Crippen molar-refractivity contribution in [2.45, 2.75) is 32.5 Å². The molecule has 1 aliphatic rings. The van der Waals surface area contributed by atoms with Gasteiger partial charge in [0.25, 0.3) is 5.69 Å². The van der Waals surface area contributed by atoms with Gasteiger partial charge >= 0.3 is 5.97 Å². The molecule has 1 heterocycles. The first-order valence-electron chi connectivity index (χ1n) is 6.18. The molecular weight excluding hydrogens is 264 g/mol. The summed E-state index contributed by atoms with van der Waals surface area (Å²) in [5.41, 5.74) is -0.0746. The van der Waals surface area contributed by atoms with Crippen molar-refractivity contribution in [2.75, 3.05) is 11.9 Å². The largest absolute Gasteiger partial charge is 0.474 e. The second-order valence-corrected chi connectivity index (χ2v) is 5.46. The third-order valence-corrected chi connectivity index (χ3v) is 2.59. The first kappa shape index (κ1) is 14.1. The average molecular weight is 280 g/mol. The number of fused-ring (bicyclic) bond motifs is 1. The second kappa shape index (κ2) is 4.99.